The summed E-state index contributed by atoms with van der Waals surface area (Å²) in [7, 11) is 0. The zero-order valence-electron chi connectivity index (χ0n) is 13.3. The van der Waals surface area contributed by atoms with Gasteiger partial charge in [-0.2, -0.15) is 0 Å². The van der Waals surface area contributed by atoms with Crippen LogP contribution in [-0.2, 0) is 6.42 Å². The number of hydrogen-bond acceptors (Lipinski definition) is 1. The van der Waals surface area contributed by atoms with Crippen molar-refractivity contribution in [2.24, 2.45) is 5.92 Å². The third kappa shape index (κ3) is 3.83. The van der Waals surface area contributed by atoms with E-state index in [0.29, 0.717) is 4.83 Å². The van der Waals surface area contributed by atoms with Gasteiger partial charge in [-0.15, -0.1) is 0 Å². The van der Waals surface area contributed by atoms with Gasteiger partial charge in [0.05, 0.1) is 0 Å². The minimum atomic E-state index is -0.0376. The van der Waals surface area contributed by atoms with E-state index in [-0.39, 0.29) is 5.60 Å². The summed E-state index contributed by atoms with van der Waals surface area (Å²) < 4.78 is 5.98. The molecule has 0 amide bonds. The van der Waals surface area contributed by atoms with Crippen molar-refractivity contribution in [3.05, 3.63) is 29.3 Å². The van der Waals surface area contributed by atoms with E-state index in [1.54, 1.807) is 0 Å². The normalized spacial score (nSPS) is 23.2. The van der Waals surface area contributed by atoms with E-state index >= 15 is 0 Å². The SMILES string of the molecule is CC1(C)Cc2cc(C(Br)CC3CCCCCC3)ccc2O1. The molecule has 116 valence electrons. The van der Waals surface area contributed by atoms with Crippen molar-refractivity contribution in [2.75, 3.05) is 0 Å². The quantitative estimate of drug-likeness (QED) is 0.466. The second-order valence-electron chi connectivity index (χ2n) is 7.47. The summed E-state index contributed by atoms with van der Waals surface area (Å²) in [5.41, 5.74) is 2.77. The van der Waals surface area contributed by atoms with Crippen molar-refractivity contribution < 1.29 is 4.74 Å². The van der Waals surface area contributed by atoms with Crippen LogP contribution in [0.4, 0.5) is 0 Å². The number of hydrogen-bond donors (Lipinski definition) is 0. The van der Waals surface area contributed by atoms with Crippen LogP contribution in [0.2, 0.25) is 0 Å². The lowest BCUT2D eigenvalue weighted by Gasteiger charge is -2.19. The summed E-state index contributed by atoms with van der Waals surface area (Å²) >= 11 is 3.94. The Labute approximate surface area is 137 Å². The second-order valence-corrected chi connectivity index (χ2v) is 8.57. The molecule has 2 heteroatoms. The highest BCUT2D eigenvalue weighted by molar-refractivity contribution is 9.09. The Hall–Kier alpha value is -0.500. The first-order valence-electron chi connectivity index (χ1n) is 8.49. The Morgan fingerprint density at radius 1 is 1.19 bits per heavy atom. The number of alkyl halides is 1. The van der Waals surface area contributed by atoms with Gasteiger partial charge in [0.25, 0.3) is 0 Å². The van der Waals surface area contributed by atoms with E-state index in [1.807, 2.05) is 0 Å². The molecular formula is C19H27BrO. The zero-order chi connectivity index (χ0) is 14.9. The first-order chi connectivity index (χ1) is 10.0. The van der Waals surface area contributed by atoms with Crippen LogP contribution in [0.1, 0.15) is 74.7 Å². The molecule has 0 N–H and O–H groups in total. The maximum Gasteiger partial charge on any atom is 0.123 e. The molecule has 1 unspecified atom stereocenters. The number of halogens is 1. The Balaban J connectivity index is 1.67. The van der Waals surface area contributed by atoms with E-state index in [2.05, 4.69) is 48.0 Å². The summed E-state index contributed by atoms with van der Waals surface area (Å²) in [4.78, 5) is 0.495. The molecule has 2 aliphatic rings. The molecule has 1 nitrogen and oxygen atoms in total. The Kier molecular flexibility index (Phi) is 4.63. The summed E-state index contributed by atoms with van der Waals surface area (Å²) in [5, 5.41) is 0. The topological polar surface area (TPSA) is 9.23 Å². The standard InChI is InChI=1S/C19H27BrO/c1-19(2)13-16-12-15(9-10-18(16)21-19)17(20)11-14-7-5-3-4-6-8-14/h9-10,12,14,17H,3-8,11,13H2,1-2H3. The largest absolute Gasteiger partial charge is 0.487 e. The van der Waals surface area contributed by atoms with Crippen LogP contribution < -0.4 is 4.74 Å². The van der Waals surface area contributed by atoms with Crippen LogP contribution in [0.5, 0.6) is 5.75 Å². The third-order valence-corrected chi connectivity index (χ3v) is 5.87. The Morgan fingerprint density at radius 3 is 2.62 bits per heavy atom. The molecule has 3 rings (SSSR count). The fourth-order valence-corrected chi connectivity index (χ4v) is 4.67. The average molecular weight is 351 g/mol. The molecule has 1 aliphatic carbocycles. The van der Waals surface area contributed by atoms with Gasteiger partial charge in [0.15, 0.2) is 0 Å². The molecule has 1 aromatic rings. The fraction of sp³-hybridized carbons (Fsp3) is 0.684. The number of fused-ring (bicyclic) bond motifs is 1. The smallest absolute Gasteiger partial charge is 0.123 e. The van der Waals surface area contributed by atoms with Gasteiger partial charge in [-0.1, -0.05) is 66.6 Å². The highest BCUT2D eigenvalue weighted by Crippen LogP contribution is 2.40. The number of ether oxygens (including phenoxy) is 1. The molecule has 0 bridgehead atoms. The second kappa shape index (κ2) is 6.32. The fourth-order valence-electron chi connectivity index (χ4n) is 3.85. The van der Waals surface area contributed by atoms with Crippen molar-refractivity contribution >= 4 is 15.9 Å². The molecule has 0 radical (unpaired) electrons. The lowest BCUT2D eigenvalue weighted by molar-refractivity contribution is 0.138. The first kappa shape index (κ1) is 15.4. The molecule has 1 aliphatic heterocycles. The number of benzene rings is 1. The van der Waals surface area contributed by atoms with Crippen molar-refractivity contribution in [3.8, 4) is 5.75 Å². The van der Waals surface area contributed by atoms with Gasteiger partial charge in [0.2, 0.25) is 0 Å². The molecule has 0 spiro atoms. The predicted octanol–water partition coefficient (Wildman–Crippen LogP) is 6.20. The van der Waals surface area contributed by atoms with Gasteiger partial charge >= 0.3 is 0 Å². The summed E-state index contributed by atoms with van der Waals surface area (Å²) in [6, 6.07) is 6.78. The molecule has 0 aromatic heterocycles. The van der Waals surface area contributed by atoms with Crippen molar-refractivity contribution in [2.45, 2.75) is 75.6 Å². The van der Waals surface area contributed by atoms with Crippen molar-refractivity contribution in [1.29, 1.82) is 0 Å². The minimum absolute atomic E-state index is 0.0376. The molecular weight excluding hydrogens is 324 g/mol. The van der Waals surface area contributed by atoms with Crippen LogP contribution >= 0.6 is 15.9 Å². The molecule has 1 fully saturated rings. The monoisotopic (exact) mass is 350 g/mol. The summed E-state index contributed by atoms with van der Waals surface area (Å²) in [6.07, 6.45) is 10.9. The predicted molar refractivity (Wildman–Crippen MR) is 92.3 cm³/mol. The van der Waals surface area contributed by atoms with Gasteiger partial charge in [0, 0.05) is 11.2 Å². The van der Waals surface area contributed by atoms with Crippen LogP contribution in [0.25, 0.3) is 0 Å². The number of rotatable bonds is 3. The highest BCUT2D eigenvalue weighted by Gasteiger charge is 2.30. The lowest BCUT2D eigenvalue weighted by atomic mass is 9.92. The van der Waals surface area contributed by atoms with E-state index in [4.69, 9.17) is 4.74 Å². The van der Waals surface area contributed by atoms with E-state index in [9.17, 15) is 0 Å². The Bertz CT molecular complexity index is 486. The van der Waals surface area contributed by atoms with Gasteiger partial charge in [-0.05, 0) is 43.4 Å². The van der Waals surface area contributed by atoms with Gasteiger partial charge < -0.3 is 4.74 Å². The van der Waals surface area contributed by atoms with Crippen LogP contribution in [0, 0.1) is 5.92 Å². The molecule has 1 heterocycles. The minimum Gasteiger partial charge on any atom is -0.487 e. The lowest BCUT2D eigenvalue weighted by Crippen LogP contribution is -2.24. The molecule has 0 saturated heterocycles. The van der Waals surface area contributed by atoms with Gasteiger partial charge in [0.1, 0.15) is 11.4 Å². The third-order valence-electron chi connectivity index (χ3n) is 4.96. The molecule has 1 aromatic carbocycles. The Morgan fingerprint density at radius 2 is 1.90 bits per heavy atom. The van der Waals surface area contributed by atoms with E-state index in [0.717, 1.165) is 18.1 Å². The van der Waals surface area contributed by atoms with Gasteiger partial charge in [-0.25, -0.2) is 0 Å². The summed E-state index contributed by atoms with van der Waals surface area (Å²) in [5.74, 6) is 1.98. The first-order valence-corrected chi connectivity index (χ1v) is 9.41. The maximum atomic E-state index is 5.98. The highest BCUT2D eigenvalue weighted by atomic mass is 79.9. The molecule has 21 heavy (non-hydrogen) atoms. The van der Waals surface area contributed by atoms with Crippen LogP contribution in [-0.4, -0.2) is 5.60 Å². The van der Waals surface area contributed by atoms with Crippen LogP contribution in [0.15, 0.2) is 18.2 Å². The van der Waals surface area contributed by atoms with Crippen molar-refractivity contribution in [3.63, 3.8) is 0 Å². The zero-order valence-corrected chi connectivity index (χ0v) is 14.9. The van der Waals surface area contributed by atoms with E-state index < -0.39 is 0 Å². The van der Waals surface area contributed by atoms with E-state index in [1.165, 1.54) is 56.1 Å². The molecule has 1 saturated carbocycles. The maximum absolute atomic E-state index is 5.98. The summed E-state index contributed by atoms with van der Waals surface area (Å²) in [6.45, 7) is 4.34. The van der Waals surface area contributed by atoms with Crippen LogP contribution in [0.3, 0.4) is 0 Å². The van der Waals surface area contributed by atoms with Gasteiger partial charge in [-0.3, -0.25) is 0 Å². The van der Waals surface area contributed by atoms with Crippen molar-refractivity contribution in [1.82, 2.24) is 0 Å². The molecule has 1 atom stereocenters. The average Bonchev–Trinajstić information content (AvgIpc) is 2.60.